The van der Waals surface area contributed by atoms with Crippen molar-refractivity contribution in [1.29, 1.82) is 0 Å². The van der Waals surface area contributed by atoms with Gasteiger partial charge in [-0.15, -0.1) is 0 Å². The fourth-order valence-corrected chi connectivity index (χ4v) is 6.43. The molecule has 0 radical (unpaired) electrons. The van der Waals surface area contributed by atoms with E-state index >= 15 is 0 Å². The molecule has 6 aromatic carbocycles. The Morgan fingerprint density at radius 3 is 1.38 bits per heavy atom. The predicted molar refractivity (Wildman–Crippen MR) is 210 cm³/mol. The smallest absolute Gasteiger partial charge is 0.338 e. The number of fused-ring (bicyclic) bond motifs is 2. The molecule has 0 unspecified atom stereocenters. The van der Waals surface area contributed by atoms with Crippen LogP contribution in [0.3, 0.4) is 0 Å². The topological polar surface area (TPSA) is 149 Å². The fraction of sp³-hybridized carbons (Fsp3) is 0.130. The molecule has 0 aliphatic carbocycles. The van der Waals surface area contributed by atoms with Crippen molar-refractivity contribution in [2.75, 3.05) is 6.61 Å². The van der Waals surface area contributed by atoms with E-state index in [1.54, 1.807) is 140 Å². The van der Waals surface area contributed by atoms with Gasteiger partial charge in [0.1, 0.15) is 18.5 Å². The molecule has 5 atom stereocenters. The Balaban J connectivity index is 1.21. The van der Waals surface area contributed by atoms with E-state index in [1.807, 2.05) is 24.3 Å². The molecule has 12 nitrogen and oxygen atoms in total. The van der Waals surface area contributed by atoms with E-state index in [9.17, 15) is 19.2 Å². The number of ether oxygens (including phenoxy) is 6. The van der Waals surface area contributed by atoms with Gasteiger partial charge in [-0.05, 0) is 72.8 Å². The molecule has 1 fully saturated rings. The molecule has 12 heteroatoms. The zero-order valence-electron chi connectivity index (χ0n) is 30.7. The highest BCUT2D eigenvalue weighted by Gasteiger charge is 2.54. The summed E-state index contributed by atoms with van der Waals surface area (Å²) < 4.78 is 37.1. The summed E-state index contributed by atoms with van der Waals surface area (Å²) in [5.41, 5.74) is 3.24. The van der Waals surface area contributed by atoms with Gasteiger partial charge in [0.05, 0.1) is 44.3 Å². The number of benzene rings is 6. The third-order valence-electron chi connectivity index (χ3n) is 9.30. The van der Waals surface area contributed by atoms with Crippen LogP contribution in [0.4, 0.5) is 0 Å². The molecule has 8 rings (SSSR count). The van der Waals surface area contributed by atoms with Crippen LogP contribution in [0.2, 0.25) is 0 Å². The van der Waals surface area contributed by atoms with Gasteiger partial charge in [-0.25, -0.2) is 29.1 Å². The van der Waals surface area contributed by atoms with Gasteiger partial charge >= 0.3 is 23.9 Å². The lowest BCUT2D eigenvalue weighted by Crippen LogP contribution is -2.63. The third kappa shape index (κ3) is 8.52. The second-order valence-corrected chi connectivity index (χ2v) is 13.2. The van der Waals surface area contributed by atoms with Gasteiger partial charge in [-0.1, -0.05) is 84.9 Å². The van der Waals surface area contributed by atoms with Gasteiger partial charge in [0.2, 0.25) is 12.4 Å². The number of esters is 4. The van der Waals surface area contributed by atoms with E-state index < -0.39 is 61.2 Å². The van der Waals surface area contributed by atoms with Crippen LogP contribution in [0.15, 0.2) is 164 Å². The van der Waals surface area contributed by atoms with Crippen molar-refractivity contribution < 1.29 is 47.6 Å². The first-order valence-electron chi connectivity index (χ1n) is 18.4. The molecule has 0 spiro atoms. The normalized spacial score (nSPS) is 18.8. The largest absolute Gasteiger partial charge is 0.461 e. The zero-order chi connectivity index (χ0) is 39.8. The Bertz CT molecular complexity index is 2560. The Labute approximate surface area is 331 Å². The first-order chi connectivity index (χ1) is 28.4. The van der Waals surface area contributed by atoms with Gasteiger partial charge in [0, 0.05) is 6.07 Å². The average Bonchev–Trinajstić information content (AvgIpc) is 3.27. The molecule has 0 N–H and O–H groups in total. The third-order valence-corrected chi connectivity index (χ3v) is 9.30. The van der Waals surface area contributed by atoms with Crippen LogP contribution in [0.5, 0.6) is 5.75 Å². The maximum absolute atomic E-state index is 13.9. The number of carbonyl (C=O) groups is 4. The van der Waals surface area contributed by atoms with E-state index in [1.165, 1.54) is 0 Å². The van der Waals surface area contributed by atoms with Gasteiger partial charge in [0.15, 0.2) is 12.2 Å². The van der Waals surface area contributed by atoms with Crippen LogP contribution in [0.1, 0.15) is 41.4 Å². The molecule has 0 bridgehead atoms. The van der Waals surface area contributed by atoms with Crippen molar-refractivity contribution in [2.24, 2.45) is 0 Å². The second kappa shape index (κ2) is 17.1. The molecule has 288 valence electrons. The highest BCUT2D eigenvalue weighted by Crippen LogP contribution is 2.33. The summed E-state index contributed by atoms with van der Waals surface area (Å²) in [7, 11) is 0. The lowest BCUT2D eigenvalue weighted by Gasteiger charge is -2.44. The van der Waals surface area contributed by atoms with Gasteiger partial charge < -0.3 is 28.4 Å². The minimum Gasteiger partial charge on any atom is -0.461 e. The number of aromatic nitrogens is 2. The quantitative estimate of drug-likeness (QED) is 0.0731. The minimum atomic E-state index is -1.57. The summed E-state index contributed by atoms with van der Waals surface area (Å²) in [6, 6.07) is 45.2. The first-order valence-corrected chi connectivity index (χ1v) is 18.4. The summed E-state index contributed by atoms with van der Waals surface area (Å²) in [6.45, 7) is -0.492. The zero-order valence-corrected chi connectivity index (χ0v) is 30.7. The van der Waals surface area contributed by atoms with Crippen molar-refractivity contribution in [1.82, 2.24) is 9.97 Å². The molecule has 1 saturated heterocycles. The summed E-state index contributed by atoms with van der Waals surface area (Å²) in [5.74, 6) is -2.88. The molecule has 58 heavy (non-hydrogen) atoms. The highest BCUT2D eigenvalue weighted by atomic mass is 16.7. The van der Waals surface area contributed by atoms with Gasteiger partial charge in [-0.3, -0.25) is 0 Å². The van der Waals surface area contributed by atoms with E-state index in [-0.39, 0.29) is 28.0 Å². The van der Waals surface area contributed by atoms with Crippen LogP contribution in [-0.4, -0.2) is 71.2 Å². The molecule has 2 heterocycles. The molecule has 0 saturated carbocycles. The minimum absolute atomic E-state index is 0.167. The molecule has 1 aliphatic heterocycles. The maximum Gasteiger partial charge on any atom is 0.338 e. The Hall–Kier alpha value is -7.44. The molecule has 1 aliphatic rings. The highest BCUT2D eigenvalue weighted by molar-refractivity contribution is 5.92. The van der Waals surface area contributed by atoms with Crippen LogP contribution in [-0.2, 0) is 23.7 Å². The standard InChI is InChI=1S/C46H34N2O10/c49-42(29-15-5-1-6-16-29)53-28-38-39(56-43(50)30-17-7-2-8-18-30)40(57-44(51)31-19-9-3-10-20-31)41(58-45(52)32-21-11-4-12-22-32)46(55-38)54-33-25-26-36-37(27-33)48-35-24-14-13-23-34(35)47-36/h1-27,38-41,46H,28H2/t38-,39-,40+,41-,46-/m1/s1. The fourth-order valence-electron chi connectivity index (χ4n) is 6.43. The Morgan fingerprint density at radius 1 is 0.448 bits per heavy atom. The Morgan fingerprint density at radius 2 is 0.862 bits per heavy atom. The molecular weight excluding hydrogens is 741 g/mol. The lowest BCUT2D eigenvalue weighted by atomic mass is 9.97. The van der Waals surface area contributed by atoms with Crippen molar-refractivity contribution in [3.8, 4) is 5.75 Å². The monoisotopic (exact) mass is 774 g/mol. The van der Waals surface area contributed by atoms with Crippen molar-refractivity contribution in [3.63, 3.8) is 0 Å². The molecule has 1 aromatic heterocycles. The summed E-state index contributed by atoms with van der Waals surface area (Å²) in [4.78, 5) is 64.2. The average molecular weight is 775 g/mol. The number of carbonyl (C=O) groups excluding carboxylic acids is 4. The summed E-state index contributed by atoms with van der Waals surface area (Å²) >= 11 is 0. The van der Waals surface area contributed by atoms with Crippen LogP contribution >= 0.6 is 0 Å². The summed E-state index contributed by atoms with van der Waals surface area (Å²) in [6.07, 6.45) is -7.50. The molecule has 0 amide bonds. The number of hydrogen-bond donors (Lipinski definition) is 0. The number of hydrogen-bond acceptors (Lipinski definition) is 12. The van der Waals surface area contributed by atoms with E-state index in [0.29, 0.717) is 22.1 Å². The lowest BCUT2D eigenvalue weighted by molar-refractivity contribution is -0.275. The SMILES string of the molecule is O=C(OC[C@H]1O[C@@H](Oc2ccc3nc4ccccc4nc3c2)[C@H](OC(=O)c2ccccc2)[C@@H](OC(=O)c2ccccc2)[C@@H]1OC(=O)c1ccccc1)c1ccccc1. The van der Waals surface area contributed by atoms with Gasteiger partial charge in [-0.2, -0.15) is 0 Å². The number of para-hydroxylation sites is 2. The molecular formula is C46H34N2O10. The van der Waals surface area contributed by atoms with Gasteiger partial charge in [0.25, 0.3) is 0 Å². The van der Waals surface area contributed by atoms with Crippen LogP contribution in [0.25, 0.3) is 22.1 Å². The van der Waals surface area contributed by atoms with E-state index in [0.717, 1.165) is 0 Å². The number of rotatable bonds is 11. The van der Waals surface area contributed by atoms with Crippen LogP contribution < -0.4 is 4.74 Å². The van der Waals surface area contributed by atoms with Crippen molar-refractivity contribution in [2.45, 2.75) is 30.7 Å². The first kappa shape index (κ1) is 37.5. The number of nitrogens with zero attached hydrogens (tertiary/aromatic N) is 2. The second-order valence-electron chi connectivity index (χ2n) is 13.2. The van der Waals surface area contributed by atoms with Crippen LogP contribution in [0, 0.1) is 0 Å². The predicted octanol–water partition coefficient (Wildman–Crippen LogP) is 7.42. The van der Waals surface area contributed by atoms with Crippen molar-refractivity contribution in [3.05, 3.63) is 186 Å². The maximum atomic E-state index is 13.9. The summed E-state index contributed by atoms with van der Waals surface area (Å²) in [5, 5.41) is 0. The van der Waals surface area contributed by atoms with E-state index in [4.69, 9.17) is 38.4 Å². The Kier molecular flexibility index (Phi) is 11.1. The van der Waals surface area contributed by atoms with E-state index in [2.05, 4.69) is 0 Å². The van der Waals surface area contributed by atoms with Crippen molar-refractivity contribution >= 4 is 45.9 Å². The molecule has 7 aromatic rings.